The fourth-order valence-corrected chi connectivity index (χ4v) is 2.49. The summed E-state index contributed by atoms with van der Waals surface area (Å²) in [6.07, 6.45) is 0. The van der Waals surface area contributed by atoms with Gasteiger partial charge in [0.1, 0.15) is 23.7 Å². The molecular weight excluding hydrogens is 297 g/mol. The lowest BCUT2D eigenvalue weighted by molar-refractivity contribution is 0.0955. The third kappa shape index (κ3) is 3.36. The first-order valence-electron chi connectivity index (χ1n) is 5.83. The highest BCUT2D eigenvalue weighted by molar-refractivity contribution is 7.14. The molecule has 0 aliphatic heterocycles. The molecule has 0 saturated heterocycles. The van der Waals surface area contributed by atoms with E-state index in [0.29, 0.717) is 9.75 Å². The summed E-state index contributed by atoms with van der Waals surface area (Å²) in [5.41, 5.74) is 6.85. The Balaban J connectivity index is 2.13. The number of hydrogen-bond acceptors (Lipinski definition) is 5. The summed E-state index contributed by atoms with van der Waals surface area (Å²) in [5, 5.41) is 0. The van der Waals surface area contributed by atoms with Crippen molar-refractivity contribution in [1.29, 1.82) is 0 Å². The molecule has 0 spiro atoms. The second kappa shape index (κ2) is 6.33. The van der Waals surface area contributed by atoms with Crippen LogP contribution in [0.4, 0.5) is 4.39 Å². The monoisotopic (exact) mass is 309 g/mol. The Hall–Kier alpha value is -2.45. The number of ether oxygens (including phenoxy) is 1. The van der Waals surface area contributed by atoms with Gasteiger partial charge in [-0.25, -0.2) is 10.2 Å². The van der Waals surface area contributed by atoms with Crippen LogP contribution in [-0.4, -0.2) is 11.8 Å². The lowest BCUT2D eigenvalue weighted by atomic mass is 10.2. The minimum atomic E-state index is -0.905. The number of nitrogen functional groups attached to an aromatic ring is 1. The lowest BCUT2D eigenvalue weighted by Crippen LogP contribution is -2.29. The molecule has 0 radical (unpaired) electrons. The molecule has 2 amide bonds. The largest absolute Gasteiger partial charge is 0.487 e. The molecule has 8 heteroatoms. The Kier molecular flexibility index (Phi) is 4.51. The number of hydrogen-bond donors (Lipinski definition) is 3. The van der Waals surface area contributed by atoms with Crippen molar-refractivity contribution < 1.29 is 18.7 Å². The molecule has 0 saturated carbocycles. The van der Waals surface area contributed by atoms with E-state index in [1.165, 1.54) is 23.5 Å². The SMILES string of the molecule is NNC(=O)c1ccc(COc2cccc(F)c2C(N)=O)s1. The fraction of sp³-hybridized carbons (Fsp3) is 0.0769. The molecule has 1 aromatic heterocycles. The maximum absolute atomic E-state index is 13.5. The maximum atomic E-state index is 13.5. The van der Waals surface area contributed by atoms with Gasteiger partial charge in [0.2, 0.25) is 0 Å². The molecule has 0 aliphatic rings. The normalized spacial score (nSPS) is 10.2. The molecule has 0 aliphatic carbocycles. The number of halogens is 1. The van der Waals surface area contributed by atoms with E-state index in [1.54, 1.807) is 12.1 Å². The van der Waals surface area contributed by atoms with Crippen molar-refractivity contribution in [2.75, 3.05) is 0 Å². The van der Waals surface area contributed by atoms with Crippen LogP contribution in [0.15, 0.2) is 30.3 Å². The van der Waals surface area contributed by atoms with Crippen molar-refractivity contribution >= 4 is 23.2 Å². The van der Waals surface area contributed by atoms with Crippen molar-refractivity contribution in [3.05, 3.63) is 51.5 Å². The number of benzene rings is 1. The number of primary amides is 1. The summed E-state index contributed by atoms with van der Waals surface area (Å²) in [6.45, 7) is 0.0756. The van der Waals surface area contributed by atoms with Crippen molar-refractivity contribution in [2.45, 2.75) is 6.61 Å². The van der Waals surface area contributed by atoms with Crippen molar-refractivity contribution in [3.63, 3.8) is 0 Å². The number of carbonyl (C=O) groups excluding carboxylic acids is 2. The number of amides is 2. The third-order valence-corrected chi connectivity index (χ3v) is 3.67. The van der Waals surface area contributed by atoms with Gasteiger partial charge in [-0.1, -0.05) is 6.07 Å². The lowest BCUT2D eigenvalue weighted by Gasteiger charge is -2.09. The van der Waals surface area contributed by atoms with Crippen LogP contribution in [0.5, 0.6) is 5.75 Å². The zero-order valence-corrected chi connectivity index (χ0v) is 11.6. The molecule has 0 atom stereocenters. The van der Waals surface area contributed by atoms with Crippen LogP contribution in [-0.2, 0) is 6.61 Å². The standard InChI is InChI=1S/C13H12FN3O3S/c14-8-2-1-3-9(11(8)12(15)18)20-6-7-4-5-10(21-7)13(19)17-16/h1-5H,6,16H2,(H2,15,18)(H,17,19). The molecular formula is C13H12FN3O3S. The quantitative estimate of drug-likeness (QED) is 0.438. The van der Waals surface area contributed by atoms with Crippen LogP contribution in [0.3, 0.4) is 0 Å². The third-order valence-electron chi connectivity index (χ3n) is 2.61. The maximum Gasteiger partial charge on any atom is 0.275 e. The van der Waals surface area contributed by atoms with E-state index in [9.17, 15) is 14.0 Å². The van der Waals surface area contributed by atoms with Crippen LogP contribution in [0, 0.1) is 5.82 Å². The highest BCUT2D eigenvalue weighted by Gasteiger charge is 2.15. The van der Waals surface area contributed by atoms with Crippen molar-refractivity contribution in [2.24, 2.45) is 11.6 Å². The second-order valence-electron chi connectivity index (χ2n) is 4.01. The minimum Gasteiger partial charge on any atom is -0.487 e. The highest BCUT2D eigenvalue weighted by Crippen LogP contribution is 2.24. The van der Waals surface area contributed by atoms with E-state index in [4.69, 9.17) is 16.3 Å². The molecule has 2 rings (SSSR count). The van der Waals surface area contributed by atoms with Gasteiger partial charge in [-0.3, -0.25) is 15.0 Å². The van der Waals surface area contributed by atoms with Gasteiger partial charge in [0.05, 0.1) is 4.88 Å². The molecule has 1 aromatic carbocycles. The van der Waals surface area contributed by atoms with Gasteiger partial charge < -0.3 is 10.5 Å². The summed E-state index contributed by atoms with van der Waals surface area (Å²) < 4.78 is 18.9. The number of thiophene rings is 1. The predicted molar refractivity (Wildman–Crippen MR) is 75.2 cm³/mol. The highest BCUT2D eigenvalue weighted by atomic mass is 32.1. The van der Waals surface area contributed by atoms with Gasteiger partial charge in [-0.05, 0) is 24.3 Å². The minimum absolute atomic E-state index is 0.0562. The molecule has 5 N–H and O–H groups in total. The van der Waals surface area contributed by atoms with E-state index in [0.717, 1.165) is 6.07 Å². The van der Waals surface area contributed by atoms with E-state index < -0.39 is 17.6 Å². The Bertz CT molecular complexity index is 687. The molecule has 6 nitrogen and oxygen atoms in total. The van der Waals surface area contributed by atoms with Crippen molar-refractivity contribution in [1.82, 2.24) is 5.43 Å². The summed E-state index contributed by atoms with van der Waals surface area (Å²) in [6, 6.07) is 7.26. The van der Waals surface area contributed by atoms with Gasteiger partial charge >= 0.3 is 0 Å². The van der Waals surface area contributed by atoms with Gasteiger partial charge in [0.15, 0.2) is 0 Å². The van der Waals surface area contributed by atoms with Crippen LogP contribution in [0.1, 0.15) is 24.9 Å². The first-order chi connectivity index (χ1) is 10.0. The smallest absolute Gasteiger partial charge is 0.275 e. The van der Waals surface area contributed by atoms with Gasteiger partial charge in [-0.15, -0.1) is 11.3 Å². The first-order valence-corrected chi connectivity index (χ1v) is 6.65. The second-order valence-corrected chi connectivity index (χ2v) is 5.17. The van der Waals surface area contributed by atoms with Crippen molar-refractivity contribution in [3.8, 4) is 5.75 Å². The summed E-state index contributed by atoms with van der Waals surface area (Å²) in [5.74, 6) is 3.03. The van der Waals surface area contributed by atoms with E-state index >= 15 is 0 Å². The summed E-state index contributed by atoms with van der Waals surface area (Å²) in [4.78, 5) is 23.7. The van der Waals surface area contributed by atoms with E-state index in [1.807, 2.05) is 5.43 Å². The van der Waals surface area contributed by atoms with Crippen LogP contribution < -0.4 is 21.7 Å². The van der Waals surface area contributed by atoms with Crippen LogP contribution in [0.25, 0.3) is 0 Å². The van der Waals surface area contributed by atoms with Crippen LogP contribution >= 0.6 is 11.3 Å². The number of rotatable bonds is 5. The zero-order chi connectivity index (χ0) is 15.4. The number of nitrogens with two attached hydrogens (primary N) is 2. The first kappa shape index (κ1) is 14.9. The molecule has 0 bridgehead atoms. The predicted octanol–water partition coefficient (Wildman–Crippen LogP) is 1.17. The molecule has 2 aromatic rings. The number of hydrazine groups is 1. The Morgan fingerprint density at radius 2 is 2.05 bits per heavy atom. The Morgan fingerprint density at radius 3 is 2.71 bits per heavy atom. The fourth-order valence-electron chi connectivity index (χ4n) is 1.66. The topological polar surface area (TPSA) is 107 Å². The molecule has 21 heavy (non-hydrogen) atoms. The van der Waals surface area contributed by atoms with E-state index in [-0.39, 0.29) is 17.9 Å². The van der Waals surface area contributed by atoms with Gasteiger partial charge in [-0.2, -0.15) is 0 Å². The van der Waals surface area contributed by atoms with Gasteiger partial charge in [0, 0.05) is 4.88 Å². The van der Waals surface area contributed by atoms with Crippen LogP contribution in [0.2, 0.25) is 0 Å². The molecule has 1 heterocycles. The van der Waals surface area contributed by atoms with E-state index in [2.05, 4.69) is 0 Å². The molecule has 110 valence electrons. The molecule has 0 fully saturated rings. The Labute approximate surface area is 123 Å². The number of carbonyl (C=O) groups is 2. The van der Waals surface area contributed by atoms with Gasteiger partial charge in [0.25, 0.3) is 11.8 Å². The Morgan fingerprint density at radius 1 is 1.29 bits per heavy atom. The zero-order valence-electron chi connectivity index (χ0n) is 10.8. The average Bonchev–Trinajstić information content (AvgIpc) is 2.92. The molecule has 0 unspecified atom stereocenters. The summed E-state index contributed by atoms with van der Waals surface area (Å²) >= 11 is 1.18. The average molecular weight is 309 g/mol. The summed E-state index contributed by atoms with van der Waals surface area (Å²) in [7, 11) is 0. The number of nitrogens with one attached hydrogen (secondary N) is 1.